The minimum Gasteiger partial charge on any atom is -0.382 e. The third-order valence-corrected chi connectivity index (χ3v) is 0.955. The molecule has 1 aliphatic heterocycles. The normalized spacial score (nSPS) is 20.4. The molecule has 0 radical (unpaired) electrons. The van der Waals surface area contributed by atoms with E-state index < -0.39 is 0 Å². The van der Waals surface area contributed by atoms with Crippen LogP contribution in [-0.2, 0) is 0 Å². The highest BCUT2D eigenvalue weighted by Gasteiger charge is 2.01. The zero-order valence-corrected chi connectivity index (χ0v) is 4.91. The first-order chi connectivity index (χ1) is 4.34. The number of nitrogens with zero attached hydrogens (tertiary/aromatic N) is 2. The second-order valence-corrected chi connectivity index (χ2v) is 1.59. The number of allylic oxidation sites excluding steroid dienone is 2. The molecule has 1 heterocycles. The summed E-state index contributed by atoms with van der Waals surface area (Å²) in [5, 5.41) is 7.17. The Kier molecular flexibility index (Phi) is 1.44. The van der Waals surface area contributed by atoms with Gasteiger partial charge in [-0.1, -0.05) is 18.7 Å². The van der Waals surface area contributed by atoms with Crippen LogP contribution in [0.5, 0.6) is 0 Å². The first-order valence-electron chi connectivity index (χ1n) is 2.54. The molecule has 0 fully saturated rings. The van der Waals surface area contributed by atoms with Crippen LogP contribution >= 0.6 is 0 Å². The fraction of sp³-hybridized carbons (Fsp3) is 0. The van der Waals surface area contributed by atoms with Gasteiger partial charge in [0.05, 0.1) is 6.21 Å². The van der Waals surface area contributed by atoms with Gasteiger partial charge in [-0.3, -0.25) is 0 Å². The first kappa shape index (κ1) is 5.75. The molecule has 0 saturated carbocycles. The highest BCUT2D eigenvalue weighted by molar-refractivity contribution is 6.16. The van der Waals surface area contributed by atoms with Crippen LogP contribution in [0.1, 0.15) is 0 Å². The Morgan fingerprint density at radius 2 is 2.44 bits per heavy atom. The highest BCUT2D eigenvalue weighted by Crippen LogP contribution is 1.98. The number of rotatable bonds is 1. The van der Waals surface area contributed by atoms with Crippen LogP contribution in [0.4, 0.5) is 0 Å². The molecule has 46 valence electrons. The standard InChI is InChI=1S/C6H7N3/c1-2-3-5-4-8-9-6(5)7/h2-4H,1H2,(H2,7,9)/b5-3-. The van der Waals surface area contributed by atoms with Crippen molar-refractivity contribution < 1.29 is 0 Å². The maximum atomic E-state index is 5.37. The molecule has 0 aliphatic carbocycles. The summed E-state index contributed by atoms with van der Waals surface area (Å²) in [5.41, 5.74) is 6.20. The molecule has 9 heavy (non-hydrogen) atoms. The van der Waals surface area contributed by atoms with E-state index in [2.05, 4.69) is 16.8 Å². The number of hydrogen-bond acceptors (Lipinski definition) is 3. The SMILES string of the molecule is C=C/C=C1/C=NN=C1N. The second kappa shape index (κ2) is 2.26. The zero-order chi connectivity index (χ0) is 6.69. The molecule has 0 atom stereocenters. The van der Waals surface area contributed by atoms with Crippen molar-refractivity contribution in [1.82, 2.24) is 0 Å². The molecule has 2 N–H and O–H groups in total. The van der Waals surface area contributed by atoms with Gasteiger partial charge in [-0.15, -0.1) is 5.10 Å². The summed E-state index contributed by atoms with van der Waals surface area (Å²) in [6.45, 7) is 3.51. The van der Waals surface area contributed by atoms with E-state index in [-0.39, 0.29) is 0 Å². The van der Waals surface area contributed by atoms with Gasteiger partial charge < -0.3 is 5.73 Å². The Morgan fingerprint density at radius 3 is 2.89 bits per heavy atom. The first-order valence-corrected chi connectivity index (χ1v) is 2.54. The van der Waals surface area contributed by atoms with E-state index in [1.54, 1.807) is 18.4 Å². The molecule has 0 amide bonds. The molecule has 1 rings (SSSR count). The van der Waals surface area contributed by atoms with Crippen LogP contribution in [-0.4, -0.2) is 12.1 Å². The molecule has 3 heteroatoms. The summed E-state index contributed by atoms with van der Waals surface area (Å²) in [7, 11) is 0. The van der Waals surface area contributed by atoms with Crippen molar-refractivity contribution in [2.75, 3.05) is 0 Å². The predicted molar refractivity (Wildman–Crippen MR) is 38.4 cm³/mol. The lowest BCUT2D eigenvalue weighted by Crippen LogP contribution is -2.11. The Morgan fingerprint density at radius 1 is 1.67 bits per heavy atom. The molecule has 0 aromatic heterocycles. The second-order valence-electron chi connectivity index (χ2n) is 1.59. The van der Waals surface area contributed by atoms with Gasteiger partial charge in [0, 0.05) is 5.57 Å². The van der Waals surface area contributed by atoms with Gasteiger partial charge in [0.2, 0.25) is 0 Å². The lowest BCUT2D eigenvalue weighted by Gasteiger charge is -1.86. The molecular weight excluding hydrogens is 114 g/mol. The predicted octanol–water partition coefficient (Wildman–Crippen LogP) is 0.455. The van der Waals surface area contributed by atoms with Crippen LogP contribution in [0.2, 0.25) is 0 Å². The molecule has 0 aromatic carbocycles. The van der Waals surface area contributed by atoms with Crippen molar-refractivity contribution in [3.05, 3.63) is 24.3 Å². The fourth-order valence-electron chi connectivity index (χ4n) is 0.533. The lowest BCUT2D eigenvalue weighted by molar-refractivity contribution is 1.27. The average Bonchev–Trinajstić information content (AvgIpc) is 2.18. The summed E-state index contributed by atoms with van der Waals surface area (Å²) in [5.74, 6) is 0.454. The largest absolute Gasteiger partial charge is 0.382 e. The summed E-state index contributed by atoms with van der Waals surface area (Å²) in [6.07, 6.45) is 5.00. The molecule has 0 aromatic rings. The summed E-state index contributed by atoms with van der Waals surface area (Å²) in [6, 6.07) is 0. The maximum absolute atomic E-state index is 5.37. The number of nitrogens with two attached hydrogens (primary N) is 1. The maximum Gasteiger partial charge on any atom is 0.154 e. The van der Waals surface area contributed by atoms with E-state index in [0.29, 0.717) is 5.84 Å². The monoisotopic (exact) mass is 121 g/mol. The smallest absolute Gasteiger partial charge is 0.154 e. The van der Waals surface area contributed by atoms with Gasteiger partial charge in [0.15, 0.2) is 5.84 Å². The van der Waals surface area contributed by atoms with Gasteiger partial charge in [-0.25, -0.2) is 0 Å². The van der Waals surface area contributed by atoms with E-state index in [0.717, 1.165) is 5.57 Å². The van der Waals surface area contributed by atoms with Crippen molar-refractivity contribution in [3.8, 4) is 0 Å². The Hall–Kier alpha value is -1.38. The summed E-state index contributed by atoms with van der Waals surface area (Å²) in [4.78, 5) is 0. The average molecular weight is 121 g/mol. The Balaban J connectivity index is 2.85. The van der Waals surface area contributed by atoms with Crippen LogP contribution < -0.4 is 5.73 Å². The quantitative estimate of drug-likeness (QED) is 0.538. The van der Waals surface area contributed by atoms with Crippen LogP contribution in [0.15, 0.2) is 34.5 Å². The molecule has 0 spiro atoms. The van der Waals surface area contributed by atoms with Gasteiger partial charge in [0.1, 0.15) is 0 Å². The van der Waals surface area contributed by atoms with Crippen LogP contribution in [0.25, 0.3) is 0 Å². The highest BCUT2D eigenvalue weighted by atomic mass is 15.2. The Labute approximate surface area is 53.3 Å². The zero-order valence-electron chi connectivity index (χ0n) is 4.91. The number of hydrogen-bond donors (Lipinski definition) is 1. The van der Waals surface area contributed by atoms with Gasteiger partial charge >= 0.3 is 0 Å². The summed E-state index contributed by atoms with van der Waals surface area (Å²) >= 11 is 0. The molecule has 0 saturated heterocycles. The van der Waals surface area contributed by atoms with Gasteiger partial charge in [-0.2, -0.15) is 5.10 Å². The number of amidine groups is 1. The van der Waals surface area contributed by atoms with E-state index in [4.69, 9.17) is 5.73 Å². The van der Waals surface area contributed by atoms with E-state index in [1.807, 2.05) is 0 Å². The minimum absolute atomic E-state index is 0.454. The third-order valence-electron chi connectivity index (χ3n) is 0.955. The Bertz CT molecular complexity index is 210. The molecule has 1 aliphatic rings. The van der Waals surface area contributed by atoms with Crippen molar-refractivity contribution in [1.29, 1.82) is 0 Å². The van der Waals surface area contributed by atoms with E-state index in [1.165, 1.54) is 0 Å². The minimum atomic E-state index is 0.454. The molecule has 0 unspecified atom stereocenters. The van der Waals surface area contributed by atoms with Crippen molar-refractivity contribution in [2.45, 2.75) is 0 Å². The van der Waals surface area contributed by atoms with Crippen molar-refractivity contribution in [3.63, 3.8) is 0 Å². The van der Waals surface area contributed by atoms with E-state index in [9.17, 15) is 0 Å². The van der Waals surface area contributed by atoms with Gasteiger partial charge in [0.25, 0.3) is 0 Å². The molecule has 0 bridgehead atoms. The molecular formula is C6H7N3. The van der Waals surface area contributed by atoms with Crippen molar-refractivity contribution >= 4 is 12.1 Å². The van der Waals surface area contributed by atoms with E-state index >= 15 is 0 Å². The van der Waals surface area contributed by atoms with Gasteiger partial charge in [-0.05, 0) is 0 Å². The molecule has 3 nitrogen and oxygen atoms in total. The lowest BCUT2D eigenvalue weighted by atomic mass is 10.2. The summed E-state index contributed by atoms with van der Waals surface area (Å²) < 4.78 is 0. The third kappa shape index (κ3) is 1.05. The van der Waals surface area contributed by atoms with Crippen LogP contribution in [0, 0.1) is 0 Å². The fourth-order valence-corrected chi connectivity index (χ4v) is 0.533. The van der Waals surface area contributed by atoms with Crippen molar-refractivity contribution in [2.24, 2.45) is 15.9 Å². The van der Waals surface area contributed by atoms with Crippen LogP contribution in [0.3, 0.4) is 0 Å². The topological polar surface area (TPSA) is 50.7 Å².